The van der Waals surface area contributed by atoms with Gasteiger partial charge in [-0.3, -0.25) is 0 Å². The third-order valence-electron chi connectivity index (χ3n) is 4.35. The number of rotatable bonds is 6. The normalized spacial score (nSPS) is 16.8. The van der Waals surface area contributed by atoms with Gasteiger partial charge in [-0.25, -0.2) is 0 Å². The second kappa shape index (κ2) is 7.63. The Balaban J connectivity index is 1.69. The SMILES string of the molecule is COc1ccc(Cc2noc(C(N)C3CCOCC3)n2)cc1OC. The van der Waals surface area contributed by atoms with Crippen molar-refractivity contribution >= 4 is 0 Å². The van der Waals surface area contributed by atoms with Gasteiger partial charge in [0.1, 0.15) is 0 Å². The largest absolute Gasteiger partial charge is 0.493 e. The highest BCUT2D eigenvalue weighted by Crippen LogP contribution is 2.29. The van der Waals surface area contributed by atoms with E-state index in [2.05, 4.69) is 10.1 Å². The van der Waals surface area contributed by atoms with E-state index >= 15 is 0 Å². The maximum Gasteiger partial charge on any atom is 0.243 e. The maximum absolute atomic E-state index is 6.27. The molecule has 7 heteroatoms. The molecule has 0 amide bonds. The van der Waals surface area contributed by atoms with Crippen molar-refractivity contribution in [2.24, 2.45) is 11.7 Å². The van der Waals surface area contributed by atoms with Gasteiger partial charge in [0, 0.05) is 19.6 Å². The van der Waals surface area contributed by atoms with Crippen LogP contribution < -0.4 is 15.2 Å². The number of hydrogen-bond donors (Lipinski definition) is 1. The van der Waals surface area contributed by atoms with Crippen molar-refractivity contribution < 1.29 is 18.7 Å². The smallest absolute Gasteiger partial charge is 0.243 e. The number of nitrogens with zero attached hydrogens (tertiary/aromatic N) is 2. The molecule has 24 heavy (non-hydrogen) atoms. The molecule has 1 fully saturated rings. The highest BCUT2D eigenvalue weighted by Gasteiger charge is 2.26. The molecule has 0 bridgehead atoms. The van der Waals surface area contributed by atoms with Crippen LogP contribution in [0.25, 0.3) is 0 Å². The number of nitrogens with two attached hydrogens (primary N) is 1. The minimum absolute atomic E-state index is 0.236. The molecule has 2 heterocycles. The van der Waals surface area contributed by atoms with Crippen LogP contribution in [0, 0.1) is 5.92 Å². The lowest BCUT2D eigenvalue weighted by atomic mass is 9.92. The molecule has 0 spiro atoms. The molecule has 1 saturated heterocycles. The highest BCUT2D eigenvalue weighted by molar-refractivity contribution is 5.43. The Hall–Kier alpha value is -2.12. The average molecular weight is 333 g/mol. The Labute approximate surface area is 141 Å². The summed E-state index contributed by atoms with van der Waals surface area (Å²) in [6.45, 7) is 1.48. The van der Waals surface area contributed by atoms with Crippen LogP contribution in [0.4, 0.5) is 0 Å². The molecule has 1 aromatic carbocycles. The van der Waals surface area contributed by atoms with Crippen LogP contribution in [0.1, 0.15) is 36.2 Å². The van der Waals surface area contributed by atoms with Gasteiger partial charge in [-0.1, -0.05) is 11.2 Å². The standard InChI is InChI=1S/C17H23N3O4/c1-21-13-4-3-11(9-14(13)22-2)10-15-19-17(24-20-15)16(18)12-5-7-23-8-6-12/h3-4,9,12,16H,5-8,10,18H2,1-2H3. The average Bonchev–Trinajstić information content (AvgIpc) is 3.10. The molecule has 0 aliphatic carbocycles. The molecule has 1 unspecified atom stereocenters. The molecule has 1 aliphatic rings. The van der Waals surface area contributed by atoms with Gasteiger partial charge in [-0.15, -0.1) is 0 Å². The first-order chi connectivity index (χ1) is 11.7. The third-order valence-corrected chi connectivity index (χ3v) is 4.35. The van der Waals surface area contributed by atoms with Crippen molar-refractivity contribution in [1.82, 2.24) is 10.1 Å². The Morgan fingerprint density at radius 1 is 1.21 bits per heavy atom. The van der Waals surface area contributed by atoms with E-state index in [1.165, 1.54) is 0 Å². The number of hydrogen-bond acceptors (Lipinski definition) is 7. The van der Waals surface area contributed by atoms with E-state index in [0.29, 0.717) is 35.6 Å². The van der Waals surface area contributed by atoms with Crippen molar-refractivity contribution in [1.29, 1.82) is 0 Å². The molecule has 130 valence electrons. The fourth-order valence-electron chi connectivity index (χ4n) is 2.92. The van der Waals surface area contributed by atoms with Gasteiger partial charge in [0.2, 0.25) is 5.89 Å². The fraction of sp³-hybridized carbons (Fsp3) is 0.529. The molecule has 7 nitrogen and oxygen atoms in total. The summed E-state index contributed by atoms with van der Waals surface area (Å²) in [5, 5.41) is 4.06. The number of methoxy groups -OCH3 is 2. The van der Waals surface area contributed by atoms with Crippen molar-refractivity contribution in [3.8, 4) is 11.5 Å². The molecule has 2 aromatic rings. The lowest BCUT2D eigenvalue weighted by Gasteiger charge is -2.25. The monoisotopic (exact) mass is 333 g/mol. The number of aromatic nitrogens is 2. The summed E-state index contributed by atoms with van der Waals surface area (Å²) in [6.07, 6.45) is 2.40. The van der Waals surface area contributed by atoms with Crippen LogP contribution in [-0.2, 0) is 11.2 Å². The number of benzene rings is 1. The van der Waals surface area contributed by atoms with Gasteiger partial charge >= 0.3 is 0 Å². The van der Waals surface area contributed by atoms with Crippen LogP contribution in [0.2, 0.25) is 0 Å². The lowest BCUT2D eigenvalue weighted by molar-refractivity contribution is 0.0546. The predicted octanol–water partition coefficient (Wildman–Crippen LogP) is 2.10. The minimum atomic E-state index is -0.236. The van der Waals surface area contributed by atoms with Gasteiger partial charge in [0.05, 0.1) is 20.3 Å². The van der Waals surface area contributed by atoms with Crippen LogP contribution in [0.5, 0.6) is 11.5 Å². The Bertz CT molecular complexity index is 668. The topological polar surface area (TPSA) is 92.6 Å². The maximum atomic E-state index is 6.27. The van der Waals surface area contributed by atoms with E-state index in [9.17, 15) is 0 Å². The Morgan fingerprint density at radius 2 is 1.96 bits per heavy atom. The molecule has 1 atom stereocenters. The second-order valence-corrected chi connectivity index (χ2v) is 5.89. The summed E-state index contributed by atoms with van der Waals surface area (Å²) < 4.78 is 21.3. The summed E-state index contributed by atoms with van der Waals surface area (Å²) in [6, 6.07) is 5.49. The first-order valence-electron chi connectivity index (χ1n) is 8.08. The van der Waals surface area contributed by atoms with Crippen LogP contribution in [0.3, 0.4) is 0 Å². The zero-order valence-corrected chi connectivity index (χ0v) is 14.0. The first-order valence-corrected chi connectivity index (χ1v) is 8.08. The molecule has 0 radical (unpaired) electrons. The van der Waals surface area contributed by atoms with E-state index in [1.54, 1.807) is 14.2 Å². The second-order valence-electron chi connectivity index (χ2n) is 5.89. The molecule has 1 aromatic heterocycles. The minimum Gasteiger partial charge on any atom is -0.493 e. The predicted molar refractivity (Wildman–Crippen MR) is 87.1 cm³/mol. The molecular weight excluding hydrogens is 310 g/mol. The zero-order valence-electron chi connectivity index (χ0n) is 14.0. The van der Waals surface area contributed by atoms with Gasteiger partial charge < -0.3 is 24.5 Å². The zero-order chi connectivity index (χ0) is 16.9. The van der Waals surface area contributed by atoms with E-state index in [-0.39, 0.29) is 6.04 Å². The quantitative estimate of drug-likeness (QED) is 0.865. The third kappa shape index (κ3) is 3.68. The van der Waals surface area contributed by atoms with Gasteiger partial charge in [0.15, 0.2) is 17.3 Å². The van der Waals surface area contributed by atoms with Crippen molar-refractivity contribution in [3.63, 3.8) is 0 Å². The molecule has 1 aliphatic heterocycles. The van der Waals surface area contributed by atoms with Crippen LogP contribution in [-0.4, -0.2) is 37.6 Å². The van der Waals surface area contributed by atoms with Crippen molar-refractivity contribution in [2.75, 3.05) is 27.4 Å². The highest BCUT2D eigenvalue weighted by atomic mass is 16.5. The molecular formula is C17H23N3O4. The summed E-state index contributed by atoms with van der Waals surface area (Å²) in [5.41, 5.74) is 7.29. The van der Waals surface area contributed by atoms with E-state index in [4.69, 9.17) is 24.5 Å². The van der Waals surface area contributed by atoms with Crippen molar-refractivity contribution in [3.05, 3.63) is 35.5 Å². The van der Waals surface area contributed by atoms with Crippen molar-refractivity contribution in [2.45, 2.75) is 25.3 Å². The van der Waals surface area contributed by atoms with E-state index < -0.39 is 0 Å². The first kappa shape index (κ1) is 16.7. The Morgan fingerprint density at radius 3 is 2.67 bits per heavy atom. The van der Waals surface area contributed by atoms with Gasteiger partial charge in [0.25, 0.3) is 0 Å². The summed E-state index contributed by atoms with van der Waals surface area (Å²) in [7, 11) is 3.22. The summed E-state index contributed by atoms with van der Waals surface area (Å²) >= 11 is 0. The van der Waals surface area contributed by atoms with E-state index in [1.807, 2.05) is 18.2 Å². The molecule has 0 saturated carbocycles. The fourth-order valence-corrected chi connectivity index (χ4v) is 2.92. The summed E-state index contributed by atoms with van der Waals surface area (Å²) in [4.78, 5) is 4.46. The van der Waals surface area contributed by atoms with Gasteiger partial charge in [-0.05, 0) is 36.5 Å². The van der Waals surface area contributed by atoms with E-state index in [0.717, 1.165) is 31.6 Å². The molecule has 3 rings (SSSR count). The summed E-state index contributed by atoms with van der Waals surface area (Å²) in [5.74, 6) is 2.81. The molecule has 2 N–H and O–H groups in total. The van der Waals surface area contributed by atoms with Crippen LogP contribution in [0.15, 0.2) is 22.7 Å². The number of ether oxygens (including phenoxy) is 3. The van der Waals surface area contributed by atoms with Gasteiger partial charge in [-0.2, -0.15) is 4.98 Å². The van der Waals surface area contributed by atoms with Crippen LogP contribution >= 0.6 is 0 Å². The Kier molecular flexibility index (Phi) is 5.32. The lowest BCUT2D eigenvalue weighted by Crippen LogP contribution is -2.27.